The molecule has 0 aromatic heterocycles. The Kier molecular flexibility index (Phi) is 1.51. The molecule has 4 heteroatoms. The van der Waals surface area contributed by atoms with Gasteiger partial charge in [-0.05, 0) is 24.7 Å². The first kappa shape index (κ1) is 7.55. The Labute approximate surface area is 66.9 Å². The quantitative estimate of drug-likeness (QED) is 0.598. The minimum Gasteiger partial charge on any atom is -0.326 e. The van der Waals surface area contributed by atoms with Crippen LogP contribution in [0.4, 0.5) is 0 Å². The van der Waals surface area contributed by atoms with Crippen LogP contribution in [0.15, 0.2) is 0 Å². The molecule has 0 amide bonds. The number of sulfone groups is 1. The molecule has 0 spiro atoms. The van der Waals surface area contributed by atoms with Crippen molar-refractivity contribution in [2.75, 3.05) is 11.5 Å². The molecular formula is C7H13NO2S. The zero-order valence-corrected chi connectivity index (χ0v) is 7.18. The van der Waals surface area contributed by atoms with Crippen LogP contribution < -0.4 is 5.73 Å². The van der Waals surface area contributed by atoms with Crippen LogP contribution in [-0.4, -0.2) is 26.0 Å². The largest absolute Gasteiger partial charge is 0.326 e. The monoisotopic (exact) mass is 175 g/mol. The standard InChI is InChI=1S/C7H13NO2S/c8-7-4-11(9,10)3-6(7)5-1-2-5/h5-7H,1-4,8H2. The number of rotatable bonds is 1. The van der Waals surface area contributed by atoms with Gasteiger partial charge in [0.1, 0.15) is 0 Å². The smallest absolute Gasteiger partial charge is 0.152 e. The van der Waals surface area contributed by atoms with E-state index in [1.54, 1.807) is 0 Å². The second kappa shape index (κ2) is 2.20. The highest BCUT2D eigenvalue weighted by molar-refractivity contribution is 7.91. The maximum Gasteiger partial charge on any atom is 0.152 e. The molecule has 1 aliphatic carbocycles. The summed E-state index contributed by atoms with van der Waals surface area (Å²) in [5.41, 5.74) is 5.72. The lowest BCUT2D eigenvalue weighted by Crippen LogP contribution is -2.29. The molecule has 1 heterocycles. The third-order valence-corrected chi connectivity index (χ3v) is 4.46. The molecule has 0 aromatic carbocycles. The number of hydrogen-bond donors (Lipinski definition) is 1. The Hall–Kier alpha value is -0.0900. The van der Waals surface area contributed by atoms with E-state index in [1.165, 1.54) is 12.8 Å². The van der Waals surface area contributed by atoms with E-state index < -0.39 is 9.84 Å². The third-order valence-electron chi connectivity index (χ3n) is 2.67. The van der Waals surface area contributed by atoms with Gasteiger partial charge in [-0.25, -0.2) is 8.42 Å². The van der Waals surface area contributed by atoms with Gasteiger partial charge in [0.2, 0.25) is 0 Å². The normalized spacial score (nSPS) is 42.6. The molecule has 0 bridgehead atoms. The first-order valence-electron chi connectivity index (χ1n) is 4.04. The molecule has 2 aliphatic rings. The molecule has 2 N–H and O–H groups in total. The minimum atomic E-state index is -2.77. The van der Waals surface area contributed by atoms with Crippen LogP contribution in [-0.2, 0) is 9.84 Å². The van der Waals surface area contributed by atoms with Gasteiger partial charge >= 0.3 is 0 Å². The Balaban J connectivity index is 2.13. The van der Waals surface area contributed by atoms with Crippen LogP contribution in [0.1, 0.15) is 12.8 Å². The molecule has 11 heavy (non-hydrogen) atoms. The second-order valence-corrected chi connectivity index (χ2v) is 5.90. The van der Waals surface area contributed by atoms with Gasteiger partial charge < -0.3 is 5.73 Å². The molecular weight excluding hydrogens is 162 g/mol. The zero-order valence-electron chi connectivity index (χ0n) is 6.36. The molecule has 1 aliphatic heterocycles. The summed E-state index contributed by atoms with van der Waals surface area (Å²) in [7, 11) is -2.77. The summed E-state index contributed by atoms with van der Waals surface area (Å²) < 4.78 is 22.2. The lowest BCUT2D eigenvalue weighted by atomic mass is 9.99. The van der Waals surface area contributed by atoms with E-state index in [0.717, 1.165) is 0 Å². The minimum absolute atomic E-state index is 0.0764. The van der Waals surface area contributed by atoms with Crippen LogP contribution in [0.3, 0.4) is 0 Å². The summed E-state index contributed by atoms with van der Waals surface area (Å²) in [6.07, 6.45) is 2.38. The topological polar surface area (TPSA) is 60.2 Å². The van der Waals surface area contributed by atoms with Crippen molar-refractivity contribution in [2.24, 2.45) is 17.6 Å². The molecule has 64 valence electrons. The number of nitrogens with two attached hydrogens (primary N) is 1. The van der Waals surface area contributed by atoms with Crippen molar-refractivity contribution in [1.82, 2.24) is 0 Å². The number of hydrogen-bond acceptors (Lipinski definition) is 3. The highest BCUT2D eigenvalue weighted by Crippen LogP contribution is 2.41. The maximum absolute atomic E-state index is 11.1. The van der Waals surface area contributed by atoms with E-state index in [1.807, 2.05) is 0 Å². The van der Waals surface area contributed by atoms with Crippen molar-refractivity contribution in [3.8, 4) is 0 Å². The summed E-state index contributed by atoms with van der Waals surface area (Å²) >= 11 is 0. The van der Waals surface area contributed by atoms with Gasteiger partial charge in [0.25, 0.3) is 0 Å². The molecule has 2 unspecified atom stereocenters. The Morgan fingerprint density at radius 3 is 2.18 bits per heavy atom. The molecule has 3 nitrogen and oxygen atoms in total. The summed E-state index contributed by atoms with van der Waals surface area (Å²) in [6, 6.07) is -0.0764. The van der Waals surface area contributed by atoms with E-state index in [-0.39, 0.29) is 17.7 Å². The molecule has 2 rings (SSSR count). The fourth-order valence-corrected chi connectivity index (χ4v) is 3.99. The summed E-state index contributed by atoms with van der Waals surface area (Å²) in [5.74, 6) is 1.47. The van der Waals surface area contributed by atoms with Crippen LogP contribution in [0.2, 0.25) is 0 Å². The molecule has 0 radical (unpaired) electrons. The molecule has 0 aromatic rings. The molecule has 1 saturated heterocycles. The fraction of sp³-hybridized carbons (Fsp3) is 1.00. The van der Waals surface area contributed by atoms with Crippen LogP contribution in [0.5, 0.6) is 0 Å². The average molecular weight is 175 g/mol. The van der Waals surface area contributed by atoms with E-state index in [2.05, 4.69) is 0 Å². The Morgan fingerprint density at radius 1 is 1.18 bits per heavy atom. The molecule has 2 fully saturated rings. The Bertz CT molecular complexity index is 256. The van der Waals surface area contributed by atoms with E-state index in [4.69, 9.17) is 5.73 Å². The van der Waals surface area contributed by atoms with Crippen molar-refractivity contribution in [2.45, 2.75) is 18.9 Å². The summed E-state index contributed by atoms with van der Waals surface area (Å²) in [5, 5.41) is 0. The third kappa shape index (κ3) is 1.42. The van der Waals surface area contributed by atoms with Gasteiger partial charge in [-0.1, -0.05) is 0 Å². The highest BCUT2D eigenvalue weighted by Gasteiger charge is 2.43. The maximum atomic E-state index is 11.1. The van der Waals surface area contributed by atoms with Gasteiger partial charge in [-0.15, -0.1) is 0 Å². The van der Waals surface area contributed by atoms with E-state index >= 15 is 0 Å². The van der Waals surface area contributed by atoms with Crippen LogP contribution in [0, 0.1) is 11.8 Å². The van der Waals surface area contributed by atoms with Gasteiger partial charge in [0.05, 0.1) is 11.5 Å². The van der Waals surface area contributed by atoms with Gasteiger partial charge in [-0.2, -0.15) is 0 Å². The summed E-state index contributed by atoms with van der Waals surface area (Å²) in [6.45, 7) is 0. The summed E-state index contributed by atoms with van der Waals surface area (Å²) in [4.78, 5) is 0. The van der Waals surface area contributed by atoms with E-state index in [0.29, 0.717) is 11.7 Å². The zero-order chi connectivity index (χ0) is 8.06. The van der Waals surface area contributed by atoms with Crippen molar-refractivity contribution in [3.63, 3.8) is 0 Å². The van der Waals surface area contributed by atoms with Crippen LogP contribution >= 0.6 is 0 Å². The first-order valence-corrected chi connectivity index (χ1v) is 5.87. The van der Waals surface area contributed by atoms with Crippen molar-refractivity contribution >= 4 is 9.84 Å². The van der Waals surface area contributed by atoms with E-state index in [9.17, 15) is 8.42 Å². The SMILES string of the molecule is NC1CS(=O)(=O)CC1C1CC1. The fourth-order valence-electron chi connectivity index (χ4n) is 1.91. The predicted molar refractivity (Wildman–Crippen MR) is 42.8 cm³/mol. The highest BCUT2D eigenvalue weighted by atomic mass is 32.2. The van der Waals surface area contributed by atoms with Crippen molar-refractivity contribution in [3.05, 3.63) is 0 Å². The molecule has 2 atom stereocenters. The van der Waals surface area contributed by atoms with Gasteiger partial charge in [-0.3, -0.25) is 0 Å². The molecule has 1 saturated carbocycles. The lowest BCUT2D eigenvalue weighted by Gasteiger charge is -2.10. The predicted octanol–water partition coefficient (Wildman–Crippen LogP) is -0.232. The van der Waals surface area contributed by atoms with Crippen molar-refractivity contribution in [1.29, 1.82) is 0 Å². The van der Waals surface area contributed by atoms with Crippen molar-refractivity contribution < 1.29 is 8.42 Å². The Morgan fingerprint density at radius 2 is 1.82 bits per heavy atom. The van der Waals surface area contributed by atoms with Gasteiger partial charge in [0, 0.05) is 6.04 Å². The second-order valence-electron chi connectivity index (χ2n) is 3.74. The first-order chi connectivity index (χ1) is 5.08. The van der Waals surface area contributed by atoms with Crippen LogP contribution in [0.25, 0.3) is 0 Å². The average Bonchev–Trinajstić information content (AvgIpc) is 2.59. The lowest BCUT2D eigenvalue weighted by molar-refractivity contribution is 0.458. The van der Waals surface area contributed by atoms with Gasteiger partial charge in [0.15, 0.2) is 9.84 Å².